The average molecular weight is 710 g/mol. The Balaban J connectivity index is 1.75. The van der Waals surface area contributed by atoms with Crippen molar-refractivity contribution in [1.29, 1.82) is 0 Å². The summed E-state index contributed by atoms with van der Waals surface area (Å²) < 4.78 is 27.7. The highest BCUT2D eigenvalue weighted by Crippen LogP contribution is 2.55. The molecule has 0 saturated heterocycles. The summed E-state index contributed by atoms with van der Waals surface area (Å²) >= 11 is 0. The molecule has 270 valence electrons. The number of benzene rings is 3. The molecule has 0 radical (unpaired) electrons. The fraction of sp³-hybridized carbons (Fsp3) is 0.385. The Hall–Kier alpha value is -3.73. The third kappa shape index (κ3) is 12.5. The summed E-state index contributed by atoms with van der Waals surface area (Å²) in [5.74, 6) is -1.30. The molecular weight excluding hydrogens is 659 g/mol. The number of carbonyl (C=O) groups is 2. The molecule has 10 nitrogen and oxygen atoms in total. The fourth-order valence-electron chi connectivity index (χ4n) is 5.42. The Morgan fingerprint density at radius 2 is 0.960 bits per heavy atom. The van der Waals surface area contributed by atoms with E-state index in [0.717, 1.165) is 28.1 Å². The van der Waals surface area contributed by atoms with E-state index >= 15 is 0 Å². The Morgan fingerprint density at radius 3 is 1.28 bits per heavy atom. The summed E-state index contributed by atoms with van der Waals surface area (Å²) in [6.45, 7) is 8.24. The summed E-state index contributed by atoms with van der Waals surface area (Å²) in [5, 5.41) is 35.6. The van der Waals surface area contributed by atoms with E-state index in [0.29, 0.717) is 12.6 Å². The molecule has 0 amide bonds. The molecule has 3 aromatic carbocycles. The van der Waals surface area contributed by atoms with Crippen molar-refractivity contribution in [2.45, 2.75) is 31.7 Å². The smallest absolute Gasteiger partial charge is 0.330 e. The van der Waals surface area contributed by atoms with E-state index in [4.69, 9.17) is 23.7 Å². The van der Waals surface area contributed by atoms with Crippen molar-refractivity contribution in [2.24, 2.45) is 5.41 Å². The van der Waals surface area contributed by atoms with E-state index in [2.05, 4.69) is 49.6 Å². The monoisotopic (exact) mass is 709 g/mol. The third-order valence-corrected chi connectivity index (χ3v) is 12.7. The van der Waals surface area contributed by atoms with Gasteiger partial charge in [0.2, 0.25) is 0 Å². The lowest BCUT2D eigenvalue weighted by Gasteiger charge is -2.33. The number of hydrogen-bond donors (Lipinski definition) is 3. The largest absolute Gasteiger partial charge is 0.460 e. The summed E-state index contributed by atoms with van der Waals surface area (Å²) in [5.41, 5.74) is -0.737. The molecule has 3 N–H and O–H groups in total. The van der Waals surface area contributed by atoms with E-state index in [1.165, 1.54) is 0 Å². The lowest BCUT2D eigenvalue weighted by molar-refractivity contribution is -0.143. The highest BCUT2D eigenvalue weighted by Gasteiger charge is 2.47. The average Bonchev–Trinajstić information content (AvgIpc) is 3.15. The van der Waals surface area contributed by atoms with Crippen LogP contribution < -0.4 is 15.9 Å². The van der Waals surface area contributed by atoms with Gasteiger partial charge in [0.05, 0.1) is 39.6 Å². The summed E-state index contributed by atoms with van der Waals surface area (Å²) in [6.07, 6.45) is 0.0369. The number of aliphatic hydroxyl groups is 3. The number of aliphatic hydroxyl groups excluding tert-OH is 3. The molecule has 0 fully saturated rings. The van der Waals surface area contributed by atoms with Gasteiger partial charge in [-0.15, -0.1) is 0 Å². The molecule has 0 heterocycles. The summed E-state index contributed by atoms with van der Waals surface area (Å²) in [4.78, 5) is 22.8. The van der Waals surface area contributed by atoms with Crippen LogP contribution in [0.4, 0.5) is 0 Å². The highest BCUT2D eigenvalue weighted by molar-refractivity contribution is 7.95. The molecule has 0 aliphatic rings. The van der Waals surface area contributed by atoms with Gasteiger partial charge in [-0.25, -0.2) is 9.59 Å². The van der Waals surface area contributed by atoms with E-state index in [1.54, 1.807) is 0 Å². The molecule has 0 saturated carbocycles. The Labute approximate surface area is 295 Å². The second kappa shape index (κ2) is 21.5. The van der Waals surface area contributed by atoms with Gasteiger partial charge < -0.3 is 39.0 Å². The topological polar surface area (TPSA) is 141 Å². The first-order valence-corrected chi connectivity index (χ1v) is 18.6. The zero-order valence-electron chi connectivity index (χ0n) is 28.7. The van der Waals surface area contributed by atoms with Crippen LogP contribution in [0.3, 0.4) is 0 Å². The van der Waals surface area contributed by atoms with E-state index in [-0.39, 0.29) is 52.9 Å². The van der Waals surface area contributed by atoms with Gasteiger partial charge in [-0.3, -0.25) is 0 Å². The Kier molecular flexibility index (Phi) is 17.5. The molecule has 0 aliphatic heterocycles. The summed E-state index contributed by atoms with van der Waals surface area (Å²) in [6, 6.07) is 30.8. The molecule has 11 heteroatoms. The lowest BCUT2D eigenvalue weighted by atomic mass is 9.88. The van der Waals surface area contributed by atoms with Crippen LogP contribution in [0.15, 0.2) is 116 Å². The predicted molar refractivity (Wildman–Crippen MR) is 196 cm³/mol. The van der Waals surface area contributed by atoms with Crippen LogP contribution in [0.2, 0.25) is 0 Å². The molecule has 3 atom stereocenters. The maximum Gasteiger partial charge on any atom is 0.330 e. The SMILES string of the molecule is C=CC(=O)OCC(O)COCC(CC)(COCC(O)COC(=O)C=C)COCC(O)C[P+](c1ccccc1)(c1ccccc1)c1ccccc1. The van der Waals surface area contributed by atoms with E-state index < -0.39 is 42.9 Å². The first-order valence-electron chi connectivity index (χ1n) is 16.6. The zero-order valence-corrected chi connectivity index (χ0v) is 29.6. The van der Waals surface area contributed by atoms with Crippen molar-refractivity contribution in [3.05, 3.63) is 116 Å². The van der Waals surface area contributed by atoms with Gasteiger partial charge in [0.1, 0.15) is 60.9 Å². The minimum atomic E-state index is -2.31. The predicted octanol–water partition coefficient (Wildman–Crippen LogP) is 2.97. The molecule has 0 spiro atoms. The standard InChI is InChI=1S/C39H50O10P/c1-4-37(43)48-25-31(40)22-45-28-39(6-3,29-46-23-32(41)26-49-38(44)5-2)30-47-24-33(42)27-50(34-16-10-7-11-17-34,35-18-12-8-13-19-35)36-20-14-9-15-21-36/h4-5,7-21,31-33,40-42H,1-2,6,22-30H2,3H3/q+1. The first-order chi connectivity index (χ1) is 24.2. The van der Waals surface area contributed by atoms with Crippen LogP contribution in [0.5, 0.6) is 0 Å². The number of carbonyl (C=O) groups excluding carboxylic acids is 2. The second-order valence-electron chi connectivity index (χ2n) is 12.0. The number of ether oxygens (including phenoxy) is 5. The fourth-order valence-corrected chi connectivity index (χ4v) is 9.72. The maximum absolute atomic E-state index is 11.7. The molecule has 0 bridgehead atoms. The third-order valence-electron chi connectivity index (χ3n) is 8.15. The van der Waals surface area contributed by atoms with Crippen LogP contribution in [0.1, 0.15) is 13.3 Å². The van der Waals surface area contributed by atoms with Crippen molar-refractivity contribution in [3.8, 4) is 0 Å². The molecular formula is C39H50O10P+. The van der Waals surface area contributed by atoms with Gasteiger partial charge in [0.15, 0.2) is 0 Å². The van der Waals surface area contributed by atoms with Gasteiger partial charge in [0, 0.05) is 17.6 Å². The van der Waals surface area contributed by atoms with Crippen LogP contribution in [-0.4, -0.2) is 105 Å². The van der Waals surface area contributed by atoms with E-state index in [9.17, 15) is 24.9 Å². The Morgan fingerprint density at radius 1 is 0.620 bits per heavy atom. The van der Waals surface area contributed by atoms with Gasteiger partial charge in [-0.05, 0) is 42.8 Å². The minimum Gasteiger partial charge on any atom is -0.460 e. The summed E-state index contributed by atoms with van der Waals surface area (Å²) in [7, 11) is -2.31. The number of rotatable bonds is 24. The molecule has 0 aromatic heterocycles. The van der Waals surface area contributed by atoms with Crippen LogP contribution in [0.25, 0.3) is 0 Å². The first kappa shape index (κ1) is 40.7. The van der Waals surface area contributed by atoms with Gasteiger partial charge in [0.25, 0.3) is 0 Å². The van der Waals surface area contributed by atoms with Crippen molar-refractivity contribution < 1.29 is 48.6 Å². The highest BCUT2D eigenvalue weighted by atomic mass is 31.2. The van der Waals surface area contributed by atoms with Gasteiger partial charge >= 0.3 is 11.9 Å². The van der Waals surface area contributed by atoms with Crippen molar-refractivity contribution in [1.82, 2.24) is 0 Å². The normalized spacial score (nSPS) is 14.5. The van der Waals surface area contributed by atoms with Crippen molar-refractivity contribution >= 4 is 35.1 Å². The number of esters is 2. The Bertz CT molecular complexity index is 1300. The molecule has 3 unspecified atom stereocenters. The minimum absolute atomic E-state index is 0.0380. The van der Waals surface area contributed by atoms with Crippen molar-refractivity contribution in [2.75, 3.05) is 59.0 Å². The maximum atomic E-state index is 11.7. The van der Waals surface area contributed by atoms with E-state index in [1.807, 2.05) is 61.5 Å². The molecule has 0 aliphatic carbocycles. The number of hydrogen-bond acceptors (Lipinski definition) is 10. The quantitative estimate of drug-likeness (QED) is 0.0723. The molecule has 3 rings (SSSR count). The zero-order chi connectivity index (χ0) is 36.2. The molecule has 3 aromatic rings. The van der Waals surface area contributed by atoms with Gasteiger partial charge in [-0.1, -0.05) is 74.7 Å². The lowest BCUT2D eigenvalue weighted by Crippen LogP contribution is -2.41. The molecule has 50 heavy (non-hydrogen) atoms. The van der Waals surface area contributed by atoms with Crippen LogP contribution in [-0.2, 0) is 33.3 Å². The second-order valence-corrected chi connectivity index (χ2v) is 15.6. The van der Waals surface area contributed by atoms with Gasteiger partial charge in [-0.2, -0.15) is 0 Å². The van der Waals surface area contributed by atoms with Crippen LogP contribution >= 0.6 is 7.26 Å². The van der Waals surface area contributed by atoms with Crippen molar-refractivity contribution in [3.63, 3.8) is 0 Å². The van der Waals surface area contributed by atoms with Crippen LogP contribution in [0, 0.1) is 5.41 Å².